The molecule has 2 aliphatic rings. The number of carbonyl (C=O) groups is 6. The third-order valence-corrected chi connectivity index (χ3v) is 7.73. The fraction of sp³-hybridized carbons (Fsp3) is 0.500. The minimum absolute atomic E-state index is 0.0205. The van der Waals surface area contributed by atoms with Crippen LogP contribution in [0.3, 0.4) is 0 Å². The van der Waals surface area contributed by atoms with E-state index in [1.54, 1.807) is 0 Å². The third-order valence-electron chi connectivity index (χ3n) is 6.38. The summed E-state index contributed by atoms with van der Waals surface area (Å²) in [5.74, 6) is -5.31. The van der Waals surface area contributed by atoms with Crippen LogP contribution < -0.4 is 10.0 Å². The topological polar surface area (TPSA) is 197 Å². The molecule has 0 bridgehead atoms. The Hall–Kier alpha value is -3.27. The average Bonchev–Trinajstić information content (AvgIpc) is 3.00. The summed E-state index contributed by atoms with van der Waals surface area (Å²) in [5.41, 5.74) is -0.182. The zero-order valence-corrected chi connectivity index (χ0v) is 24.1. The highest BCUT2D eigenvalue weighted by Crippen LogP contribution is 2.26. The lowest BCUT2D eigenvalue weighted by Crippen LogP contribution is -2.64. The van der Waals surface area contributed by atoms with Crippen molar-refractivity contribution in [3.05, 3.63) is 33.8 Å². The number of nitrogens with zero attached hydrogens (tertiary/aromatic N) is 2. The Morgan fingerprint density at radius 3 is 2.41 bits per heavy atom. The van der Waals surface area contributed by atoms with Crippen molar-refractivity contribution in [3.8, 4) is 0 Å². The maximum absolute atomic E-state index is 13.4. The number of halogens is 2. The molecule has 0 spiro atoms. The summed E-state index contributed by atoms with van der Waals surface area (Å²) in [6.07, 6.45) is 0.0902. The van der Waals surface area contributed by atoms with E-state index >= 15 is 0 Å². The molecule has 0 radical (unpaired) electrons. The molecule has 1 aromatic rings. The fourth-order valence-electron chi connectivity index (χ4n) is 4.49. The number of ketones is 1. The van der Waals surface area contributed by atoms with Gasteiger partial charge in [-0.05, 0) is 37.8 Å². The molecule has 2 fully saturated rings. The van der Waals surface area contributed by atoms with E-state index in [9.17, 15) is 37.2 Å². The highest BCUT2D eigenvalue weighted by atomic mass is 35.5. The van der Waals surface area contributed by atoms with Gasteiger partial charge >= 0.3 is 11.9 Å². The number of carbonyl (C=O) groups excluding carboxylic acids is 5. The van der Waals surface area contributed by atoms with Gasteiger partial charge in [0.25, 0.3) is 5.91 Å². The van der Waals surface area contributed by atoms with E-state index in [-0.39, 0.29) is 47.8 Å². The molecule has 3 atom stereocenters. The molecule has 0 saturated carbocycles. The third kappa shape index (κ3) is 8.38. The number of fused-ring (bicyclic) bond motifs is 1. The van der Waals surface area contributed by atoms with Crippen molar-refractivity contribution in [2.45, 2.75) is 56.7 Å². The number of rotatable bonds is 11. The van der Waals surface area contributed by atoms with Gasteiger partial charge in [-0.15, -0.1) is 0 Å². The highest BCUT2D eigenvalue weighted by Gasteiger charge is 2.45. The summed E-state index contributed by atoms with van der Waals surface area (Å²) in [4.78, 5) is 76.1. The van der Waals surface area contributed by atoms with Gasteiger partial charge in [0.05, 0.1) is 27.9 Å². The Balaban J connectivity index is 1.78. The molecule has 3 N–H and O–H groups in total. The molecule has 3 amide bonds. The molecular formula is C24H28Cl2N4O10S. The molecule has 2 saturated heterocycles. The largest absolute Gasteiger partial charge is 0.481 e. The van der Waals surface area contributed by atoms with Crippen molar-refractivity contribution in [3.63, 3.8) is 0 Å². The molecule has 3 rings (SSSR count). The van der Waals surface area contributed by atoms with Gasteiger partial charge in [0.15, 0.2) is 12.4 Å². The molecule has 0 unspecified atom stereocenters. The van der Waals surface area contributed by atoms with Crippen molar-refractivity contribution in [2.24, 2.45) is 0 Å². The first-order valence-electron chi connectivity index (χ1n) is 12.5. The Morgan fingerprint density at radius 2 is 1.80 bits per heavy atom. The van der Waals surface area contributed by atoms with E-state index in [0.29, 0.717) is 6.42 Å². The standard InChI is InChI=1S/C24H28Cl2N4O10S/c1-41(38,39)28-16-7-9-19(32)29-11-3-6-17(30(29)23(16)36)22(35)27-15(8-10-20(33)34)18(31)12-40-24(37)21-13(25)4-2-5-14(21)26/h2,4-5,15-17,28H,3,6-12H2,1H3,(H,27,35)(H,33,34)/t15-,16-,17-/m0/s1. The molecule has 1 aromatic carbocycles. The molecule has 14 nitrogen and oxygen atoms in total. The number of sulfonamides is 1. The Morgan fingerprint density at radius 1 is 1.15 bits per heavy atom. The summed E-state index contributed by atoms with van der Waals surface area (Å²) in [6, 6.07) is 0.240. The number of hydrazine groups is 1. The van der Waals surface area contributed by atoms with Gasteiger partial charge in [-0.2, -0.15) is 0 Å². The van der Waals surface area contributed by atoms with Crippen LogP contribution in [0.2, 0.25) is 10.0 Å². The van der Waals surface area contributed by atoms with Crippen LogP contribution in [-0.4, -0.2) is 96.5 Å². The number of carboxylic acid groups (broad SMARTS) is 1. The molecule has 0 aliphatic carbocycles. The smallest absolute Gasteiger partial charge is 0.341 e. The van der Waals surface area contributed by atoms with Gasteiger partial charge in [-0.1, -0.05) is 29.3 Å². The first-order chi connectivity index (χ1) is 19.2. The lowest BCUT2D eigenvalue weighted by Gasteiger charge is -2.43. The van der Waals surface area contributed by atoms with Crippen LogP contribution in [0.4, 0.5) is 0 Å². The molecule has 224 valence electrons. The van der Waals surface area contributed by atoms with E-state index in [1.807, 2.05) is 0 Å². The Kier molecular flexibility index (Phi) is 10.7. The number of hydrogen-bond acceptors (Lipinski definition) is 9. The molecule has 41 heavy (non-hydrogen) atoms. The molecule has 2 aliphatic heterocycles. The van der Waals surface area contributed by atoms with E-state index in [0.717, 1.165) is 16.3 Å². The monoisotopic (exact) mass is 634 g/mol. The normalized spacial score (nSPS) is 20.1. The van der Waals surface area contributed by atoms with Crippen LogP contribution in [0, 0.1) is 0 Å². The number of esters is 1. The predicted molar refractivity (Wildman–Crippen MR) is 143 cm³/mol. The van der Waals surface area contributed by atoms with Crippen molar-refractivity contribution in [2.75, 3.05) is 19.4 Å². The Labute approximate surface area is 245 Å². The van der Waals surface area contributed by atoms with Crippen LogP contribution in [0.25, 0.3) is 0 Å². The summed E-state index contributed by atoms with van der Waals surface area (Å²) >= 11 is 12.0. The number of nitrogens with one attached hydrogen (secondary N) is 2. The molecule has 2 heterocycles. The summed E-state index contributed by atoms with van der Waals surface area (Å²) in [6.45, 7) is -0.745. The van der Waals surface area contributed by atoms with Crippen LogP contribution in [0.1, 0.15) is 48.9 Å². The lowest BCUT2D eigenvalue weighted by atomic mass is 10.0. The minimum Gasteiger partial charge on any atom is -0.481 e. The lowest BCUT2D eigenvalue weighted by molar-refractivity contribution is -0.176. The van der Waals surface area contributed by atoms with Crippen LogP contribution >= 0.6 is 23.2 Å². The zero-order chi connectivity index (χ0) is 30.5. The number of hydrogen-bond donors (Lipinski definition) is 3. The van der Waals surface area contributed by atoms with Gasteiger partial charge < -0.3 is 15.2 Å². The first kappa shape index (κ1) is 32.2. The molecular weight excluding hydrogens is 607 g/mol. The second-order valence-electron chi connectivity index (χ2n) is 9.47. The van der Waals surface area contributed by atoms with Gasteiger partial charge in [-0.25, -0.2) is 22.9 Å². The number of amides is 3. The van der Waals surface area contributed by atoms with Gasteiger partial charge in [-0.3, -0.25) is 29.0 Å². The number of aliphatic carboxylic acids is 1. The summed E-state index contributed by atoms with van der Waals surface area (Å²) in [5, 5.41) is 13.5. The van der Waals surface area contributed by atoms with Gasteiger partial charge in [0.2, 0.25) is 21.8 Å². The molecule has 17 heteroatoms. The van der Waals surface area contributed by atoms with Crippen molar-refractivity contribution in [1.29, 1.82) is 0 Å². The number of carboxylic acids is 1. The first-order valence-corrected chi connectivity index (χ1v) is 15.1. The predicted octanol–water partition coefficient (Wildman–Crippen LogP) is 0.515. The maximum Gasteiger partial charge on any atom is 0.341 e. The second kappa shape index (κ2) is 13.6. The van der Waals surface area contributed by atoms with Crippen LogP contribution in [0.5, 0.6) is 0 Å². The van der Waals surface area contributed by atoms with E-state index < -0.39 is 76.6 Å². The van der Waals surface area contributed by atoms with E-state index in [4.69, 9.17) is 33.0 Å². The van der Waals surface area contributed by atoms with Crippen molar-refractivity contribution < 1.29 is 47.0 Å². The Bertz CT molecular complexity index is 1340. The van der Waals surface area contributed by atoms with Gasteiger partial charge in [0, 0.05) is 19.4 Å². The number of Topliss-reactive ketones (excluding diaryl/α,β-unsaturated/α-hetero) is 1. The molecule has 0 aromatic heterocycles. The van der Waals surface area contributed by atoms with Crippen LogP contribution in [0.15, 0.2) is 18.2 Å². The SMILES string of the molecule is CS(=O)(=O)N[C@H]1CCC(=O)N2CCC[C@@H](C(=O)N[C@@H](CCC(=O)O)C(=O)COC(=O)c3c(Cl)cccc3Cl)N2C1=O. The fourth-order valence-corrected chi connectivity index (χ4v) is 5.78. The van der Waals surface area contributed by atoms with Crippen molar-refractivity contribution >= 4 is 68.7 Å². The van der Waals surface area contributed by atoms with E-state index in [2.05, 4.69) is 10.0 Å². The average molecular weight is 635 g/mol. The second-order valence-corrected chi connectivity index (χ2v) is 12.1. The number of benzene rings is 1. The summed E-state index contributed by atoms with van der Waals surface area (Å²) < 4.78 is 30.8. The quantitative estimate of drug-likeness (QED) is 0.288. The van der Waals surface area contributed by atoms with Crippen molar-refractivity contribution in [1.82, 2.24) is 20.1 Å². The summed E-state index contributed by atoms with van der Waals surface area (Å²) in [7, 11) is -3.84. The van der Waals surface area contributed by atoms with Gasteiger partial charge in [0.1, 0.15) is 12.1 Å². The highest BCUT2D eigenvalue weighted by molar-refractivity contribution is 7.88. The van der Waals surface area contributed by atoms with E-state index in [1.165, 1.54) is 18.2 Å². The minimum atomic E-state index is -3.84. The maximum atomic E-state index is 13.4. The van der Waals surface area contributed by atoms with Crippen LogP contribution in [-0.2, 0) is 38.7 Å². The number of ether oxygens (including phenoxy) is 1. The zero-order valence-electron chi connectivity index (χ0n) is 21.8.